The third-order valence-electron chi connectivity index (χ3n) is 0.953. The third kappa shape index (κ3) is 1.85. The van der Waals surface area contributed by atoms with Crippen LogP contribution in [0.1, 0.15) is 0 Å². The Bertz CT molecular complexity index is 208. The van der Waals surface area contributed by atoms with Gasteiger partial charge in [-0.1, -0.05) is 0 Å². The maximum atomic E-state index is 4.63. The van der Waals surface area contributed by atoms with Crippen molar-refractivity contribution >= 4 is 12.1 Å². The minimum Gasteiger partial charge on any atom is -0.486 e. The first kappa shape index (κ1) is 6.74. The molecule has 0 unspecified atom stereocenters. The predicted molar refractivity (Wildman–Crippen MR) is 39.4 cm³/mol. The highest BCUT2D eigenvalue weighted by Crippen LogP contribution is 2.05. The highest BCUT2D eigenvalue weighted by molar-refractivity contribution is 5.54. The minimum atomic E-state index is 0.796. The molecule has 0 saturated heterocycles. The van der Waals surface area contributed by atoms with Crippen molar-refractivity contribution in [2.45, 2.75) is 0 Å². The van der Waals surface area contributed by atoms with E-state index in [1.165, 1.54) is 6.40 Å². The van der Waals surface area contributed by atoms with Crippen molar-refractivity contribution in [3.63, 3.8) is 0 Å². The number of methoxy groups -OCH3 is 1. The smallest absolute Gasteiger partial charge is 0.174 e. The molecular formula is C7H8N2O. The monoisotopic (exact) mass is 136 g/mol. The Morgan fingerprint density at radius 1 is 1.70 bits per heavy atom. The van der Waals surface area contributed by atoms with E-state index in [-0.39, 0.29) is 0 Å². The van der Waals surface area contributed by atoms with Crippen LogP contribution in [0.2, 0.25) is 0 Å². The van der Waals surface area contributed by atoms with Gasteiger partial charge in [0.1, 0.15) is 0 Å². The van der Waals surface area contributed by atoms with E-state index in [0.717, 1.165) is 5.69 Å². The summed E-state index contributed by atoms with van der Waals surface area (Å²) in [4.78, 5) is 7.78. The summed E-state index contributed by atoms with van der Waals surface area (Å²) in [5.74, 6) is 0. The lowest BCUT2D eigenvalue weighted by Gasteiger charge is -1.88. The molecule has 0 aliphatic rings. The largest absolute Gasteiger partial charge is 0.486 e. The summed E-state index contributed by atoms with van der Waals surface area (Å²) in [5.41, 5.74) is 0.796. The number of aromatic nitrogens is 1. The minimum absolute atomic E-state index is 0.796. The number of hydrogen-bond donors (Lipinski definition) is 0. The number of hydrogen-bond acceptors (Lipinski definition) is 3. The van der Waals surface area contributed by atoms with Crippen LogP contribution in [-0.4, -0.2) is 18.5 Å². The molecule has 0 radical (unpaired) electrons. The van der Waals surface area contributed by atoms with Gasteiger partial charge in [-0.05, 0) is 12.1 Å². The summed E-state index contributed by atoms with van der Waals surface area (Å²) >= 11 is 0. The molecule has 0 aliphatic heterocycles. The Kier molecular flexibility index (Phi) is 2.43. The normalized spacial score (nSPS) is 10.1. The van der Waals surface area contributed by atoms with E-state index in [9.17, 15) is 0 Å². The molecule has 0 bridgehead atoms. The summed E-state index contributed by atoms with van der Waals surface area (Å²) in [6, 6.07) is 3.67. The van der Waals surface area contributed by atoms with Crippen LogP contribution in [0.25, 0.3) is 0 Å². The summed E-state index contributed by atoms with van der Waals surface area (Å²) in [6.45, 7) is 0. The molecule has 0 amide bonds. The molecule has 0 fully saturated rings. The average molecular weight is 136 g/mol. The van der Waals surface area contributed by atoms with Crippen LogP contribution in [0.5, 0.6) is 0 Å². The fourth-order valence-electron chi connectivity index (χ4n) is 0.544. The fraction of sp³-hybridized carbons (Fsp3) is 0.143. The lowest BCUT2D eigenvalue weighted by atomic mass is 10.4. The van der Waals surface area contributed by atoms with Gasteiger partial charge in [-0.2, -0.15) is 0 Å². The summed E-state index contributed by atoms with van der Waals surface area (Å²) in [5, 5.41) is 0. The second kappa shape index (κ2) is 3.61. The van der Waals surface area contributed by atoms with Gasteiger partial charge in [-0.3, -0.25) is 4.98 Å². The number of pyridine rings is 1. The molecule has 1 rings (SSSR count). The molecule has 3 heteroatoms. The second-order valence-electron chi connectivity index (χ2n) is 1.68. The number of ether oxygens (including phenoxy) is 1. The first-order valence-corrected chi connectivity index (χ1v) is 2.89. The number of nitrogens with zero attached hydrogens (tertiary/aromatic N) is 2. The van der Waals surface area contributed by atoms with Crippen molar-refractivity contribution in [1.29, 1.82) is 0 Å². The highest BCUT2D eigenvalue weighted by Gasteiger charge is 1.81. The predicted octanol–water partition coefficient (Wildman–Crippen LogP) is 1.39. The fourth-order valence-corrected chi connectivity index (χ4v) is 0.544. The average Bonchev–Trinajstić information content (AvgIpc) is 2.03. The molecule has 52 valence electrons. The third-order valence-corrected chi connectivity index (χ3v) is 0.953. The zero-order chi connectivity index (χ0) is 7.23. The Labute approximate surface area is 59.4 Å². The summed E-state index contributed by atoms with van der Waals surface area (Å²) in [7, 11) is 1.56. The van der Waals surface area contributed by atoms with E-state index in [1.807, 2.05) is 12.1 Å². The van der Waals surface area contributed by atoms with Crippen LogP contribution in [-0.2, 0) is 4.74 Å². The lowest BCUT2D eigenvalue weighted by Crippen LogP contribution is -1.75. The van der Waals surface area contributed by atoms with E-state index in [2.05, 4.69) is 14.7 Å². The van der Waals surface area contributed by atoms with Gasteiger partial charge in [0.2, 0.25) is 0 Å². The molecular weight excluding hydrogens is 128 g/mol. The van der Waals surface area contributed by atoms with Gasteiger partial charge < -0.3 is 4.74 Å². The highest BCUT2D eigenvalue weighted by atomic mass is 16.5. The molecule has 0 saturated carbocycles. The van der Waals surface area contributed by atoms with Crippen LogP contribution < -0.4 is 0 Å². The lowest BCUT2D eigenvalue weighted by molar-refractivity contribution is 0.423. The van der Waals surface area contributed by atoms with Crippen molar-refractivity contribution in [2.75, 3.05) is 7.11 Å². The van der Waals surface area contributed by atoms with E-state index in [4.69, 9.17) is 0 Å². The van der Waals surface area contributed by atoms with Gasteiger partial charge >= 0.3 is 0 Å². The zero-order valence-electron chi connectivity index (χ0n) is 5.69. The molecule has 1 aromatic rings. The zero-order valence-corrected chi connectivity index (χ0v) is 5.69. The first-order chi connectivity index (χ1) is 4.93. The SMILES string of the molecule is COC=Nc1cccnc1. The maximum absolute atomic E-state index is 4.63. The van der Waals surface area contributed by atoms with Crippen LogP contribution in [0.15, 0.2) is 29.5 Å². The van der Waals surface area contributed by atoms with Crippen molar-refractivity contribution in [2.24, 2.45) is 4.99 Å². The van der Waals surface area contributed by atoms with Crippen LogP contribution in [0.3, 0.4) is 0 Å². The van der Waals surface area contributed by atoms with Crippen LogP contribution in [0.4, 0.5) is 5.69 Å². The number of rotatable bonds is 2. The van der Waals surface area contributed by atoms with Crippen molar-refractivity contribution in [3.8, 4) is 0 Å². The molecule has 0 atom stereocenters. The molecule has 0 spiro atoms. The van der Waals surface area contributed by atoms with Crippen molar-refractivity contribution < 1.29 is 4.74 Å². The van der Waals surface area contributed by atoms with E-state index in [1.54, 1.807) is 19.5 Å². The van der Waals surface area contributed by atoms with E-state index >= 15 is 0 Å². The maximum Gasteiger partial charge on any atom is 0.174 e. The quantitative estimate of drug-likeness (QED) is 0.454. The molecule has 1 heterocycles. The Morgan fingerprint density at radius 2 is 2.60 bits per heavy atom. The Morgan fingerprint density at radius 3 is 3.20 bits per heavy atom. The molecule has 3 nitrogen and oxygen atoms in total. The standard InChI is InChI=1S/C7H8N2O/c1-10-6-9-7-3-2-4-8-5-7/h2-6H,1H3. The van der Waals surface area contributed by atoms with E-state index in [0.29, 0.717) is 0 Å². The molecule has 0 aliphatic carbocycles. The van der Waals surface area contributed by atoms with E-state index < -0.39 is 0 Å². The summed E-state index contributed by atoms with van der Waals surface area (Å²) in [6.07, 6.45) is 4.73. The van der Waals surface area contributed by atoms with Gasteiger partial charge in [0.25, 0.3) is 0 Å². The Balaban J connectivity index is 2.67. The molecule has 0 aromatic carbocycles. The van der Waals surface area contributed by atoms with Crippen molar-refractivity contribution in [3.05, 3.63) is 24.5 Å². The van der Waals surface area contributed by atoms with Gasteiger partial charge in [-0.25, -0.2) is 4.99 Å². The Hall–Kier alpha value is -1.38. The van der Waals surface area contributed by atoms with Gasteiger partial charge in [0.05, 0.1) is 19.0 Å². The molecule has 1 aromatic heterocycles. The van der Waals surface area contributed by atoms with Crippen LogP contribution in [0, 0.1) is 0 Å². The number of aliphatic imine (C=N–C) groups is 1. The molecule has 0 N–H and O–H groups in total. The van der Waals surface area contributed by atoms with Gasteiger partial charge in [0.15, 0.2) is 6.40 Å². The second-order valence-corrected chi connectivity index (χ2v) is 1.68. The molecule has 10 heavy (non-hydrogen) atoms. The first-order valence-electron chi connectivity index (χ1n) is 2.89. The van der Waals surface area contributed by atoms with Gasteiger partial charge in [0, 0.05) is 6.20 Å². The topological polar surface area (TPSA) is 34.5 Å². The van der Waals surface area contributed by atoms with Crippen LogP contribution >= 0.6 is 0 Å². The van der Waals surface area contributed by atoms with Gasteiger partial charge in [-0.15, -0.1) is 0 Å². The summed E-state index contributed by atoms with van der Waals surface area (Å²) < 4.78 is 4.63. The van der Waals surface area contributed by atoms with Crippen molar-refractivity contribution in [1.82, 2.24) is 4.98 Å².